The van der Waals surface area contributed by atoms with E-state index in [4.69, 9.17) is 9.47 Å². The van der Waals surface area contributed by atoms with E-state index >= 15 is 0 Å². The van der Waals surface area contributed by atoms with Crippen molar-refractivity contribution >= 4 is 17.8 Å². The third kappa shape index (κ3) is 7.30. The maximum Gasteiger partial charge on any atom is 0.416 e. The molecule has 4 rings (SSSR count). The number of aromatic nitrogens is 2. The van der Waals surface area contributed by atoms with Crippen molar-refractivity contribution in [3.8, 4) is 0 Å². The van der Waals surface area contributed by atoms with E-state index in [1.807, 2.05) is 30.3 Å². The van der Waals surface area contributed by atoms with Crippen molar-refractivity contribution in [2.75, 3.05) is 6.54 Å². The van der Waals surface area contributed by atoms with E-state index in [2.05, 4.69) is 15.3 Å². The molecule has 2 amide bonds. The first kappa shape index (κ1) is 28.0. The van der Waals surface area contributed by atoms with Crippen molar-refractivity contribution in [2.24, 2.45) is 0 Å². The lowest BCUT2D eigenvalue weighted by Gasteiger charge is -2.27. The summed E-state index contributed by atoms with van der Waals surface area (Å²) in [5.41, 5.74) is 0.608. The number of nitrogens with one attached hydrogen (secondary N) is 2. The summed E-state index contributed by atoms with van der Waals surface area (Å²) in [4.78, 5) is 46.1. The highest BCUT2D eigenvalue weighted by Gasteiger charge is 2.39. The summed E-state index contributed by atoms with van der Waals surface area (Å²) in [6.45, 7) is 1.63. The lowest BCUT2D eigenvalue weighted by molar-refractivity contribution is -0.167. The number of nitrogens with zero attached hydrogens (tertiary/aromatic N) is 2. The maximum absolute atomic E-state index is 13.4. The second-order valence-electron chi connectivity index (χ2n) is 9.05. The summed E-state index contributed by atoms with van der Waals surface area (Å²) in [7, 11) is 0. The molecule has 0 radical (unpaired) electrons. The molecular formula is C27H27F3N4O5. The first-order valence-electron chi connectivity index (χ1n) is 12.2. The molecule has 1 saturated heterocycles. The average molecular weight is 545 g/mol. The van der Waals surface area contributed by atoms with Crippen molar-refractivity contribution < 1.29 is 37.0 Å². The van der Waals surface area contributed by atoms with Gasteiger partial charge in [0.05, 0.1) is 37.0 Å². The van der Waals surface area contributed by atoms with E-state index < -0.39 is 47.9 Å². The standard InChI is InChI=1S/C27H27F3N4O5/c1-17(33-21-13-23(35)39-26(21)38-15-19-5-3-2-4-6-19)24(36)34(25(37)22-14-31-16-32-22)12-11-18-7-9-20(10-8-18)27(28,29)30/h2-10,14,16-17,21,26,33H,11-13,15H2,1H3,(H,31,32)/t17-,21?,26?/m0/s1. The lowest BCUT2D eigenvalue weighted by atomic mass is 10.1. The van der Waals surface area contributed by atoms with Crippen LogP contribution in [0.2, 0.25) is 0 Å². The van der Waals surface area contributed by atoms with E-state index in [1.54, 1.807) is 6.92 Å². The molecule has 3 atom stereocenters. The van der Waals surface area contributed by atoms with Gasteiger partial charge in [-0.3, -0.25) is 24.6 Å². The number of hydrogen-bond donors (Lipinski definition) is 2. The Balaban J connectivity index is 1.43. The quantitative estimate of drug-likeness (QED) is 0.376. The number of halogens is 3. The molecule has 9 nitrogen and oxygen atoms in total. The normalized spacial score (nSPS) is 18.0. The molecule has 39 heavy (non-hydrogen) atoms. The molecular weight excluding hydrogens is 517 g/mol. The number of hydrogen-bond acceptors (Lipinski definition) is 7. The zero-order chi connectivity index (χ0) is 28.0. The SMILES string of the molecule is C[C@H](NC1CC(=O)OC1OCc1ccccc1)C(=O)N(CCc1ccc(C(F)(F)F)cc1)C(=O)c1c[nH]cn1. The van der Waals surface area contributed by atoms with Gasteiger partial charge in [0.1, 0.15) is 5.69 Å². The van der Waals surface area contributed by atoms with Crippen LogP contribution < -0.4 is 5.32 Å². The van der Waals surface area contributed by atoms with Crippen molar-refractivity contribution in [1.82, 2.24) is 20.2 Å². The van der Waals surface area contributed by atoms with Gasteiger partial charge < -0.3 is 14.5 Å². The van der Waals surface area contributed by atoms with Gasteiger partial charge in [0.15, 0.2) is 0 Å². The summed E-state index contributed by atoms with van der Waals surface area (Å²) < 4.78 is 49.7. The Morgan fingerprint density at radius 3 is 2.51 bits per heavy atom. The molecule has 2 heterocycles. The summed E-state index contributed by atoms with van der Waals surface area (Å²) in [6.07, 6.45) is -2.67. The number of amides is 2. The minimum Gasteiger partial charge on any atom is -0.434 e. The first-order valence-corrected chi connectivity index (χ1v) is 12.2. The van der Waals surface area contributed by atoms with Gasteiger partial charge in [0.2, 0.25) is 12.2 Å². The highest BCUT2D eigenvalue weighted by molar-refractivity contribution is 6.05. The summed E-state index contributed by atoms with van der Waals surface area (Å²) in [6, 6.07) is 12.2. The maximum atomic E-state index is 13.4. The Bertz CT molecular complexity index is 1270. The monoisotopic (exact) mass is 544 g/mol. The molecule has 1 aliphatic heterocycles. The number of imide groups is 1. The van der Waals surface area contributed by atoms with Crippen LogP contribution in [-0.2, 0) is 38.3 Å². The van der Waals surface area contributed by atoms with Gasteiger partial charge in [0.25, 0.3) is 5.91 Å². The fourth-order valence-corrected chi connectivity index (χ4v) is 4.13. The topological polar surface area (TPSA) is 114 Å². The summed E-state index contributed by atoms with van der Waals surface area (Å²) in [5.74, 6) is -1.76. The van der Waals surface area contributed by atoms with Crippen LogP contribution in [0.4, 0.5) is 13.2 Å². The Labute approximate surface area is 222 Å². The molecule has 1 fully saturated rings. The smallest absolute Gasteiger partial charge is 0.416 e. The molecule has 0 spiro atoms. The molecule has 1 aliphatic rings. The van der Waals surface area contributed by atoms with Crippen LogP contribution in [0.1, 0.15) is 40.5 Å². The van der Waals surface area contributed by atoms with Gasteiger partial charge in [-0.25, -0.2) is 4.98 Å². The molecule has 2 aromatic carbocycles. The van der Waals surface area contributed by atoms with Crippen LogP contribution in [0.15, 0.2) is 67.1 Å². The molecule has 2 N–H and O–H groups in total. The predicted octanol–water partition coefficient (Wildman–Crippen LogP) is 3.48. The molecule has 3 aromatic rings. The second kappa shape index (κ2) is 12.2. The van der Waals surface area contributed by atoms with Gasteiger partial charge in [-0.05, 0) is 36.6 Å². The van der Waals surface area contributed by atoms with Crippen LogP contribution in [-0.4, -0.2) is 57.6 Å². The number of aromatic amines is 1. The van der Waals surface area contributed by atoms with E-state index in [1.165, 1.54) is 24.7 Å². The van der Waals surface area contributed by atoms with Crippen molar-refractivity contribution in [2.45, 2.75) is 50.9 Å². The second-order valence-corrected chi connectivity index (χ2v) is 9.05. The minimum absolute atomic E-state index is 0.00594. The number of imidazole rings is 1. The average Bonchev–Trinajstić information content (AvgIpc) is 3.57. The molecule has 206 valence electrons. The first-order chi connectivity index (χ1) is 18.6. The number of carbonyl (C=O) groups is 3. The Hall–Kier alpha value is -4.03. The molecule has 12 heteroatoms. The fourth-order valence-electron chi connectivity index (χ4n) is 4.13. The zero-order valence-electron chi connectivity index (χ0n) is 21.0. The van der Waals surface area contributed by atoms with E-state index in [9.17, 15) is 27.6 Å². The van der Waals surface area contributed by atoms with Crippen molar-refractivity contribution in [3.05, 3.63) is 89.5 Å². The molecule has 0 aliphatic carbocycles. The molecule has 0 bridgehead atoms. The fraction of sp³-hybridized carbons (Fsp3) is 0.333. The number of H-pyrrole nitrogens is 1. The van der Waals surface area contributed by atoms with E-state index in [0.717, 1.165) is 22.6 Å². The van der Waals surface area contributed by atoms with E-state index in [-0.39, 0.29) is 31.7 Å². The van der Waals surface area contributed by atoms with Gasteiger partial charge >= 0.3 is 12.1 Å². The van der Waals surface area contributed by atoms with Crippen LogP contribution >= 0.6 is 0 Å². The molecule has 0 saturated carbocycles. The van der Waals surface area contributed by atoms with E-state index in [0.29, 0.717) is 5.56 Å². The highest BCUT2D eigenvalue weighted by Crippen LogP contribution is 2.29. The highest BCUT2D eigenvalue weighted by atomic mass is 19.4. The van der Waals surface area contributed by atoms with Gasteiger partial charge in [-0.1, -0.05) is 42.5 Å². The van der Waals surface area contributed by atoms with Crippen LogP contribution in [0.25, 0.3) is 0 Å². The zero-order valence-corrected chi connectivity index (χ0v) is 21.0. The number of rotatable bonds is 10. The van der Waals surface area contributed by atoms with Crippen LogP contribution in [0.5, 0.6) is 0 Å². The van der Waals surface area contributed by atoms with Crippen LogP contribution in [0, 0.1) is 0 Å². The van der Waals surface area contributed by atoms with Crippen LogP contribution in [0.3, 0.4) is 0 Å². The Kier molecular flexibility index (Phi) is 8.77. The van der Waals surface area contributed by atoms with Gasteiger partial charge in [0, 0.05) is 12.7 Å². The number of cyclic esters (lactones) is 1. The van der Waals surface area contributed by atoms with Gasteiger partial charge in [-0.15, -0.1) is 0 Å². The summed E-state index contributed by atoms with van der Waals surface area (Å²) in [5, 5.41) is 3.03. The predicted molar refractivity (Wildman–Crippen MR) is 132 cm³/mol. The molecule has 1 aromatic heterocycles. The lowest BCUT2D eigenvalue weighted by Crippen LogP contribution is -2.52. The summed E-state index contributed by atoms with van der Waals surface area (Å²) >= 11 is 0. The largest absolute Gasteiger partial charge is 0.434 e. The Morgan fingerprint density at radius 2 is 1.87 bits per heavy atom. The van der Waals surface area contributed by atoms with Crippen molar-refractivity contribution in [1.29, 1.82) is 0 Å². The minimum atomic E-state index is -4.47. The Morgan fingerprint density at radius 1 is 1.15 bits per heavy atom. The molecule has 2 unspecified atom stereocenters. The third-order valence-corrected chi connectivity index (χ3v) is 6.19. The number of ether oxygens (including phenoxy) is 2. The van der Waals surface area contributed by atoms with Gasteiger partial charge in [-0.2, -0.15) is 13.2 Å². The number of benzene rings is 2. The number of carbonyl (C=O) groups excluding carboxylic acids is 3. The number of alkyl halides is 3. The third-order valence-electron chi connectivity index (χ3n) is 6.19. The van der Waals surface area contributed by atoms with Crippen molar-refractivity contribution in [3.63, 3.8) is 0 Å². The number of esters is 1.